The molecule has 3 rings (SSSR count). The molecule has 96 valence electrons. The molecule has 1 aromatic rings. The van der Waals surface area contributed by atoms with E-state index in [9.17, 15) is 4.79 Å². The standard InChI is InChI=1S/C15H19NO2/c17-15(18-13-5-1-2-6-13)12-7-8-14-11(10-12)4-3-9-16-14/h7-8,10,13,16H,1-6,9H2. The number of esters is 1. The number of fused-ring (bicyclic) bond motifs is 1. The Morgan fingerprint density at radius 3 is 2.89 bits per heavy atom. The first-order valence-electron chi connectivity index (χ1n) is 6.91. The van der Waals surface area contributed by atoms with Crippen LogP contribution in [0.4, 0.5) is 5.69 Å². The molecule has 0 bridgehead atoms. The molecule has 2 aliphatic rings. The van der Waals surface area contributed by atoms with E-state index in [1.165, 1.54) is 24.1 Å². The summed E-state index contributed by atoms with van der Waals surface area (Å²) in [5, 5.41) is 3.35. The second kappa shape index (κ2) is 5.01. The number of rotatable bonds is 2. The molecule has 1 fully saturated rings. The SMILES string of the molecule is O=C(OC1CCCC1)c1ccc2c(c1)CCCN2. The Kier molecular flexibility index (Phi) is 3.22. The lowest BCUT2D eigenvalue weighted by Gasteiger charge is -2.19. The summed E-state index contributed by atoms with van der Waals surface area (Å²) in [5.74, 6) is -0.157. The summed E-state index contributed by atoms with van der Waals surface area (Å²) in [5.41, 5.74) is 3.10. The van der Waals surface area contributed by atoms with E-state index in [-0.39, 0.29) is 12.1 Å². The van der Waals surface area contributed by atoms with Crippen molar-refractivity contribution in [3.05, 3.63) is 29.3 Å². The van der Waals surface area contributed by atoms with E-state index in [1.54, 1.807) is 0 Å². The highest BCUT2D eigenvalue weighted by molar-refractivity contribution is 5.90. The van der Waals surface area contributed by atoms with Gasteiger partial charge >= 0.3 is 5.97 Å². The van der Waals surface area contributed by atoms with Gasteiger partial charge in [-0.2, -0.15) is 0 Å². The molecule has 18 heavy (non-hydrogen) atoms. The topological polar surface area (TPSA) is 38.3 Å². The van der Waals surface area contributed by atoms with E-state index in [0.29, 0.717) is 5.56 Å². The summed E-state index contributed by atoms with van der Waals surface area (Å²) in [6.07, 6.45) is 6.75. The third kappa shape index (κ3) is 2.35. The third-order valence-electron chi connectivity index (χ3n) is 3.86. The number of benzene rings is 1. The van der Waals surface area contributed by atoms with Crippen LogP contribution in [0.15, 0.2) is 18.2 Å². The monoisotopic (exact) mass is 245 g/mol. The van der Waals surface area contributed by atoms with Crippen LogP contribution in [0.5, 0.6) is 0 Å². The van der Waals surface area contributed by atoms with E-state index in [2.05, 4.69) is 5.32 Å². The Balaban J connectivity index is 1.73. The molecule has 0 unspecified atom stereocenters. The highest BCUT2D eigenvalue weighted by Crippen LogP contribution is 2.25. The van der Waals surface area contributed by atoms with Crippen LogP contribution >= 0.6 is 0 Å². The van der Waals surface area contributed by atoms with Crippen LogP contribution in [0.1, 0.15) is 48.0 Å². The van der Waals surface area contributed by atoms with Gasteiger partial charge in [-0.3, -0.25) is 0 Å². The normalized spacial score (nSPS) is 19.1. The van der Waals surface area contributed by atoms with E-state index in [4.69, 9.17) is 4.74 Å². The highest BCUT2D eigenvalue weighted by Gasteiger charge is 2.21. The summed E-state index contributed by atoms with van der Waals surface area (Å²) in [4.78, 5) is 12.0. The molecule has 1 aliphatic carbocycles. The van der Waals surface area contributed by atoms with Crippen LogP contribution in [0.25, 0.3) is 0 Å². The average Bonchev–Trinajstić information content (AvgIpc) is 2.91. The Hall–Kier alpha value is -1.51. The lowest BCUT2D eigenvalue weighted by atomic mass is 10.0. The maximum absolute atomic E-state index is 12.0. The van der Waals surface area contributed by atoms with Gasteiger partial charge in [-0.1, -0.05) is 0 Å². The summed E-state index contributed by atoms with van der Waals surface area (Å²) < 4.78 is 5.53. The first kappa shape index (κ1) is 11.6. The minimum atomic E-state index is -0.157. The molecule has 0 radical (unpaired) electrons. The van der Waals surface area contributed by atoms with Crippen molar-refractivity contribution < 1.29 is 9.53 Å². The highest BCUT2D eigenvalue weighted by atomic mass is 16.5. The molecule has 3 heteroatoms. The van der Waals surface area contributed by atoms with Crippen molar-refractivity contribution in [3.8, 4) is 0 Å². The molecule has 0 amide bonds. The van der Waals surface area contributed by atoms with Gasteiger partial charge in [-0.15, -0.1) is 0 Å². The van der Waals surface area contributed by atoms with Crippen LogP contribution in [-0.4, -0.2) is 18.6 Å². The zero-order valence-electron chi connectivity index (χ0n) is 10.6. The first-order valence-corrected chi connectivity index (χ1v) is 6.91. The number of aryl methyl sites for hydroxylation is 1. The van der Waals surface area contributed by atoms with Crippen molar-refractivity contribution >= 4 is 11.7 Å². The summed E-state index contributed by atoms with van der Waals surface area (Å²) in [6.45, 7) is 1.03. The predicted molar refractivity (Wildman–Crippen MR) is 70.9 cm³/mol. The van der Waals surface area contributed by atoms with Crippen molar-refractivity contribution in [3.63, 3.8) is 0 Å². The number of carbonyl (C=O) groups is 1. The minimum absolute atomic E-state index is 0.145. The van der Waals surface area contributed by atoms with Gasteiger partial charge in [0, 0.05) is 12.2 Å². The second-order valence-electron chi connectivity index (χ2n) is 5.21. The van der Waals surface area contributed by atoms with Gasteiger partial charge in [0.25, 0.3) is 0 Å². The van der Waals surface area contributed by atoms with Gasteiger partial charge in [0.15, 0.2) is 0 Å². The van der Waals surface area contributed by atoms with Gasteiger partial charge in [0.1, 0.15) is 6.10 Å². The number of hydrogen-bond acceptors (Lipinski definition) is 3. The molecular weight excluding hydrogens is 226 g/mol. The second-order valence-corrected chi connectivity index (χ2v) is 5.21. The molecule has 1 aromatic carbocycles. The number of ether oxygens (including phenoxy) is 1. The maximum Gasteiger partial charge on any atom is 0.338 e. The van der Waals surface area contributed by atoms with Gasteiger partial charge in [0.2, 0.25) is 0 Å². The smallest absolute Gasteiger partial charge is 0.338 e. The van der Waals surface area contributed by atoms with Crippen LogP contribution in [0, 0.1) is 0 Å². The lowest BCUT2D eigenvalue weighted by Crippen LogP contribution is -2.16. The molecule has 1 N–H and O–H groups in total. The molecule has 1 heterocycles. The number of carbonyl (C=O) groups excluding carboxylic acids is 1. The third-order valence-corrected chi connectivity index (χ3v) is 3.86. The minimum Gasteiger partial charge on any atom is -0.459 e. The summed E-state index contributed by atoms with van der Waals surface area (Å²) in [6, 6.07) is 5.85. The molecule has 1 aliphatic heterocycles. The van der Waals surface area contributed by atoms with Crippen LogP contribution in [0.3, 0.4) is 0 Å². The predicted octanol–water partition coefficient (Wildman–Crippen LogP) is 3.14. The Morgan fingerprint density at radius 2 is 2.06 bits per heavy atom. The van der Waals surface area contributed by atoms with Crippen molar-refractivity contribution in [1.82, 2.24) is 0 Å². The van der Waals surface area contributed by atoms with Gasteiger partial charge in [0.05, 0.1) is 5.56 Å². The maximum atomic E-state index is 12.0. The molecule has 0 aromatic heterocycles. The lowest BCUT2D eigenvalue weighted by molar-refractivity contribution is 0.0318. The Morgan fingerprint density at radius 1 is 1.22 bits per heavy atom. The van der Waals surface area contributed by atoms with Crippen molar-refractivity contribution in [2.45, 2.75) is 44.6 Å². The molecule has 3 nitrogen and oxygen atoms in total. The van der Waals surface area contributed by atoms with Crippen LogP contribution in [0.2, 0.25) is 0 Å². The fraction of sp³-hybridized carbons (Fsp3) is 0.533. The van der Waals surface area contributed by atoms with E-state index < -0.39 is 0 Å². The number of anilines is 1. The largest absolute Gasteiger partial charge is 0.459 e. The summed E-state index contributed by atoms with van der Waals surface area (Å²) in [7, 11) is 0. The summed E-state index contributed by atoms with van der Waals surface area (Å²) >= 11 is 0. The van der Waals surface area contributed by atoms with E-state index in [1.807, 2.05) is 18.2 Å². The van der Waals surface area contributed by atoms with Crippen LogP contribution in [-0.2, 0) is 11.2 Å². The molecule has 0 saturated heterocycles. The Labute approximate surface area is 108 Å². The van der Waals surface area contributed by atoms with E-state index >= 15 is 0 Å². The van der Waals surface area contributed by atoms with Crippen molar-refractivity contribution in [1.29, 1.82) is 0 Å². The van der Waals surface area contributed by atoms with E-state index in [0.717, 1.165) is 32.2 Å². The fourth-order valence-electron chi connectivity index (χ4n) is 2.83. The molecular formula is C15H19NO2. The molecule has 1 saturated carbocycles. The fourth-order valence-corrected chi connectivity index (χ4v) is 2.83. The molecule has 0 atom stereocenters. The van der Waals surface area contributed by atoms with Crippen LogP contribution < -0.4 is 5.32 Å². The number of nitrogens with one attached hydrogen (secondary N) is 1. The van der Waals surface area contributed by atoms with Gasteiger partial charge in [-0.05, 0) is 62.3 Å². The average molecular weight is 245 g/mol. The first-order chi connectivity index (χ1) is 8.83. The Bertz CT molecular complexity index is 450. The number of hydrogen-bond donors (Lipinski definition) is 1. The van der Waals surface area contributed by atoms with Crippen molar-refractivity contribution in [2.24, 2.45) is 0 Å². The van der Waals surface area contributed by atoms with Gasteiger partial charge < -0.3 is 10.1 Å². The molecule has 0 spiro atoms. The van der Waals surface area contributed by atoms with Crippen molar-refractivity contribution in [2.75, 3.05) is 11.9 Å². The quantitative estimate of drug-likeness (QED) is 0.813. The zero-order valence-corrected chi connectivity index (χ0v) is 10.6. The van der Waals surface area contributed by atoms with Gasteiger partial charge in [-0.25, -0.2) is 4.79 Å². The zero-order chi connectivity index (χ0) is 12.4.